The zero-order valence-corrected chi connectivity index (χ0v) is 13.4. The number of hydrogen-bond acceptors (Lipinski definition) is 4. The highest BCUT2D eigenvalue weighted by molar-refractivity contribution is 7.99. The molecule has 0 bridgehead atoms. The van der Waals surface area contributed by atoms with E-state index in [1.165, 1.54) is 0 Å². The summed E-state index contributed by atoms with van der Waals surface area (Å²) >= 11 is 1.61. The van der Waals surface area contributed by atoms with Crippen LogP contribution in [0.5, 0.6) is 0 Å². The Morgan fingerprint density at radius 3 is 2.36 bits per heavy atom. The SMILES string of the molecule is O=C(O)C1CCN(C(=O)C2CSCN2C(=O)C2CCCC2)C1. The van der Waals surface area contributed by atoms with E-state index >= 15 is 0 Å². The lowest BCUT2D eigenvalue weighted by Crippen LogP contribution is -2.49. The van der Waals surface area contributed by atoms with E-state index in [9.17, 15) is 14.4 Å². The lowest BCUT2D eigenvalue weighted by molar-refractivity contribution is -0.146. The highest BCUT2D eigenvalue weighted by Gasteiger charge is 2.42. The third-order valence-corrected chi connectivity index (χ3v) is 6.02. The quantitative estimate of drug-likeness (QED) is 0.837. The average molecular weight is 326 g/mol. The molecule has 2 atom stereocenters. The van der Waals surface area contributed by atoms with E-state index in [-0.39, 0.29) is 24.3 Å². The van der Waals surface area contributed by atoms with E-state index in [1.807, 2.05) is 0 Å². The summed E-state index contributed by atoms with van der Waals surface area (Å²) in [7, 11) is 0. The molecule has 0 radical (unpaired) electrons. The number of hydrogen-bond donors (Lipinski definition) is 1. The van der Waals surface area contributed by atoms with Gasteiger partial charge >= 0.3 is 5.97 Å². The van der Waals surface area contributed by atoms with Gasteiger partial charge in [-0.2, -0.15) is 0 Å². The number of amides is 2. The Hall–Kier alpha value is -1.24. The van der Waals surface area contributed by atoms with Gasteiger partial charge in [-0.3, -0.25) is 14.4 Å². The van der Waals surface area contributed by atoms with Gasteiger partial charge in [0.1, 0.15) is 6.04 Å². The average Bonchev–Trinajstić information content (AvgIpc) is 3.25. The number of likely N-dealkylation sites (tertiary alicyclic amines) is 1. The first-order chi connectivity index (χ1) is 10.6. The molecule has 6 nitrogen and oxygen atoms in total. The molecule has 2 saturated heterocycles. The van der Waals surface area contributed by atoms with Crippen LogP contribution in [-0.4, -0.2) is 63.5 Å². The fourth-order valence-corrected chi connectivity index (χ4v) is 4.80. The van der Waals surface area contributed by atoms with Gasteiger partial charge in [-0.15, -0.1) is 11.8 Å². The molecule has 0 aromatic carbocycles. The molecule has 1 N–H and O–H groups in total. The molecule has 3 rings (SSSR count). The number of carbonyl (C=O) groups excluding carboxylic acids is 2. The second-order valence-electron chi connectivity index (χ2n) is 6.41. The van der Waals surface area contributed by atoms with Gasteiger partial charge < -0.3 is 14.9 Å². The van der Waals surface area contributed by atoms with Crippen LogP contribution < -0.4 is 0 Å². The number of carboxylic acids is 1. The summed E-state index contributed by atoms with van der Waals surface area (Å²) in [5.74, 6) is 0.0502. The Bertz CT molecular complexity index is 478. The molecule has 2 unspecified atom stereocenters. The molecule has 3 fully saturated rings. The van der Waals surface area contributed by atoms with Crippen molar-refractivity contribution in [3.8, 4) is 0 Å². The number of aliphatic carboxylic acids is 1. The lowest BCUT2D eigenvalue weighted by Gasteiger charge is -2.29. The Morgan fingerprint density at radius 2 is 1.73 bits per heavy atom. The maximum atomic E-state index is 12.7. The van der Waals surface area contributed by atoms with Gasteiger partial charge in [-0.1, -0.05) is 12.8 Å². The Labute approximate surface area is 134 Å². The standard InChI is InChI=1S/C15H22N2O4S/c18-13(10-3-1-2-4-10)17-9-22-8-12(17)14(19)16-6-5-11(7-16)15(20)21/h10-12H,1-9H2,(H,20,21). The van der Waals surface area contributed by atoms with Crippen molar-refractivity contribution in [1.82, 2.24) is 9.80 Å². The van der Waals surface area contributed by atoms with E-state index < -0.39 is 17.9 Å². The third kappa shape index (κ3) is 2.95. The van der Waals surface area contributed by atoms with Crippen molar-refractivity contribution < 1.29 is 19.5 Å². The zero-order chi connectivity index (χ0) is 15.7. The first-order valence-electron chi connectivity index (χ1n) is 7.97. The van der Waals surface area contributed by atoms with Crippen LogP contribution in [0, 0.1) is 11.8 Å². The zero-order valence-electron chi connectivity index (χ0n) is 12.6. The molecule has 2 heterocycles. The Morgan fingerprint density at radius 1 is 1.00 bits per heavy atom. The van der Waals surface area contributed by atoms with E-state index in [0.717, 1.165) is 25.7 Å². The van der Waals surface area contributed by atoms with Crippen LogP contribution in [0.3, 0.4) is 0 Å². The van der Waals surface area contributed by atoms with Crippen LogP contribution in [0.25, 0.3) is 0 Å². The van der Waals surface area contributed by atoms with Crippen LogP contribution in [0.15, 0.2) is 0 Å². The molecule has 22 heavy (non-hydrogen) atoms. The molecule has 1 saturated carbocycles. The number of carbonyl (C=O) groups is 3. The number of nitrogens with zero attached hydrogens (tertiary/aromatic N) is 2. The summed E-state index contributed by atoms with van der Waals surface area (Å²) in [5, 5.41) is 9.06. The summed E-state index contributed by atoms with van der Waals surface area (Å²) in [6.45, 7) is 0.767. The molecule has 0 aromatic rings. The van der Waals surface area contributed by atoms with Gasteiger partial charge in [-0.25, -0.2) is 0 Å². The highest BCUT2D eigenvalue weighted by atomic mass is 32.2. The van der Waals surface area contributed by atoms with Crippen molar-refractivity contribution in [3.63, 3.8) is 0 Å². The maximum absolute atomic E-state index is 12.7. The predicted octanol–water partition coefficient (Wildman–Crippen LogP) is 1.01. The van der Waals surface area contributed by atoms with Crippen molar-refractivity contribution in [2.24, 2.45) is 11.8 Å². The van der Waals surface area contributed by atoms with E-state index in [2.05, 4.69) is 0 Å². The van der Waals surface area contributed by atoms with Gasteiger partial charge in [0.15, 0.2) is 0 Å². The van der Waals surface area contributed by atoms with Crippen LogP contribution in [0.4, 0.5) is 0 Å². The summed E-state index contributed by atoms with van der Waals surface area (Å²) in [5.41, 5.74) is 0. The molecule has 2 amide bonds. The Balaban J connectivity index is 1.64. The number of carboxylic acid groups (broad SMARTS) is 1. The first kappa shape index (κ1) is 15.6. The normalized spacial score (nSPS) is 29.3. The topological polar surface area (TPSA) is 77.9 Å². The smallest absolute Gasteiger partial charge is 0.308 e. The van der Waals surface area contributed by atoms with Crippen LogP contribution in [0.1, 0.15) is 32.1 Å². The molecule has 0 aromatic heterocycles. The second-order valence-corrected chi connectivity index (χ2v) is 7.41. The van der Waals surface area contributed by atoms with Crippen LogP contribution in [0.2, 0.25) is 0 Å². The van der Waals surface area contributed by atoms with Gasteiger partial charge in [0.25, 0.3) is 0 Å². The molecule has 122 valence electrons. The van der Waals surface area contributed by atoms with Crippen LogP contribution in [-0.2, 0) is 14.4 Å². The number of rotatable bonds is 3. The van der Waals surface area contributed by atoms with Crippen LogP contribution >= 0.6 is 11.8 Å². The minimum absolute atomic E-state index is 0.0694. The van der Waals surface area contributed by atoms with Crippen molar-refractivity contribution in [3.05, 3.63) is 0 Å². The molecular weight excluding hydrogens is 304 g/mol. The van der Waals surface area contributed by atoms with E-state index in [4.69, 9.17) is 5.11 Å². The van der Waals surface area contributed by atoms with Crippen molar-refractivity contribution >= 4 is 29.5 Å². The highest BCUT2D eigenvalue weighted by Crippen LogP contribution is 2.32. The minimum Gasteiger partial charge on any atom is -0.481 e. The minimum atomic E-state index is -0.838. The van der Waals surface area contributed by atoms with Gasteiger partial charge in [0, 0.05) is 24.8 Å². The molecule has 2 aliphatic heterocycles. The molecule has 0 spiro atoms. The van der Waals surface area contributed by atoms with E-state index in [0.29, 0.717) is 24.6 Å². The molecule has 3 aliphatic rings. The number of thioether (sulfide) groups is 1. The summed E-state index contributed by atoms with van der Waals surface area (Å²) in [6.07, 6.45) is 4.58. The van der Waals surface area contributed by atoms with Gasteiger partial charge in [-0.05, 0) is 19.3 Å². The third-order valence-electron chi connectivity index (χ3n) is 5.00. The van der Waals surface area contributed by atoms with Crippen molar-refractivity contribution in [1.29, 1.82) is 0 Å². The van der Waals surface area contributed by atoms with Gasteiger partial charge in [0.05, 0.1) is 11.8 Å². The summed E-state index contributed by atoms with van der Waals surface area (Å²) in [6, 6.07) is -0.398. The largest absolute Gasteiger partial charge is 0.481 e. The predicted molar refractivity (Wildman–Crippen MR) is 82.2 cm³/mol. The fraction of sp³-hybridized carbons (Fsp3) is 0.800. The maximum Gasteiger partial charge on any atom is 0.308 e. The fourth-order valence-electron chi connectivity index (χ4n) is 3.64. The van der Waals surface area contributed by atoms with Gasteiger partial charge in [0.2, 0.25) is 11.8 Å². The van der Waals surface area contributed by atoms with Crippen molar-refractivity contribution in [2.45, 2.75) is 38.1 Å². The molecule has 1 aliphatic carbocycles. The van der Waals surface area contributed by atoms with E-state index in [1.54, 1.807) is 21.6 Å². The molecular formula is C15H22N2O4S. The summed E-state index contributed by atoms with van der Waals surface area (Å²) < 4.78 is 0. The first-order valence-corrected chi connectivity index (χ1v) is 9.13. The second kappa shape index (κ2) is 6.48. The lowest BCUT2D eigenvalue weighted by atomic mass is 10.1. The molecule has 7 heteroatoms. The monoisotopic (exact) mass is 326 g/mol. The Kier molecular flexibility index (Phi) is 4.61. The summed E-state index contributed by atoms with van der Waals surface area (Å²) in [4.78, 5) is 39.7. The van der Waals surface area contributed by atoms with Crippen molar-refractivity contribution in [2.75, 3.05) is 24.7 Å².